The number of thiophene rings is 1. The van der Waals surface area contributed by atoms with Gasteiger partial charge in [0.15, 0.2) is 5.43 Å². The zero-order chi connectivity index (χ0) is 22.9. The molecule has 0 radical (unpaired) electrons. The summed E-state index contributed by atoms with van der Waals surface area (Å²) < 4.78 is 2.12. The van der Waals surface area contributed by atoms with E-state index in [2.05, 4.69) is 50.7 Å². The molecule has 0 bridgehead atoms. The molecule has 5 nitrogen and oxygen atoms in total. The molecule has 7 heteroatoms. The summed E-state index contributed by atoms with van der Waals surface area (Å²) in [4.78, 5) is 30.2. The van der Waals surface area contributed by atoms with Crippen LogP contribution in [0.2, 0.25) is 0 Å². The molecule has 1 N–H and O–H groups in total. The number of fused-ring (bicyclic) bond motifs is 3. The molecular weight excluding hydrogens is 450 g/mol. The Morgan fingerprint density at radius 2 is 2.09 bits per heavy atom. The molecule has 0 spiro atoms. The van der Waals surface area contributed by atoms with E-state index < -0.39 is 0 Å². The number of carbonyl (C=O) groups is 1. The number of amides is 1. The number of para-hydroxylation sites is 1. The monoisotopic (exact) mass is 479 g/mol. The molecule has 2 aromatic heterocycles. The highest BCUT2D eigenvalue weighted by molar-refractivity contribution is 7.99. The fraction of sp³-hybridized carbons (Fsp3) is 0.385. The molecule has 1 amide bonds. The SMILES string of the molecule is CCN1CCC[C@@H]1CNC(=O)c1c2n(c(C)cc1=O)-c1ccccc1S[C@H](c1ccsc1)C2. The zero-order valence-electron chi connectivity index (χ0n) is 19.0. The molecule has 172 valence electrons. The van der Waals surface area contributed by atoms with Crippen LogP contribution in [0.4, 0.5) is 0 Å². The average Bonchev–Trinajstić information content (AvgIpc) is 3.47. The molecule has 2 aliphatic rings. The Morgan fingerprint density at radius 3 is 2.88 bits per heavy atom. The maximum atomic E-state index is 13.5. The summed E-state index contributed by atoms with van der Waals surface area (Å²) >= 11 is 3.49. The quantitative estimate of drug-likeness (QED) is 0.571. The second kappa shape index (κ2) is 9.49. The number of likely N-dealkylation sites (N-methyl/N-ethyl adjacent to an activating group) is 1. The molecule has 33 heavy (non-hydrogen) atoms. The molecule has 2 atom stereocenters. The Labute approximate surface area is 202 Å². The molecule has 0 unspecified atom stereocenters. The maximum Gasteiger partial charge on any atom is 0.257 e. The molecule has 3 aromatic rings. The Kier molecular flexibility index (Phi) is 6.45. The number of rotatable bonds is 5. The van der Waals surface area contributed by atoms with Crippen molar-refractivity contribution in [2.75, 3.05) is 19.6 Å². The minimum absolute atomic E-state index is 0.143. The molecule has 1 saturated heterocycles. The number of aromatic nitrogens is 1. The Morgan fingerprint density at radius 1 is 1.24 bits per heavy atom. The first-order valence-electron chi connectivity index (χ1n) is 11.6. The van der Waals surface area contributed by atoms with Crippen molar-refractivity contribution in [1.82, 2.24) is 14.8 Å². The topological polar surface area (TPSA) is 54.3 Å². The van der Waals surface area contributed by atoms with Crippen molar-refractivity contribution in [3.63, 3.8) is 0 Å². The summed E-state index contributed by atoms with van der Waals surface area (Å²) in [6.45, 7) is 6.76. The van der Waals surface area contributed by atoms with Crippen molar-refractivity contribution >= 4 is 29.0 Å². The lowest BCUT2D eigenvalue weighted by atomic mass is 10.0. The summed E-state index contributed by atoms with van der Waals surface area (Å²) in [5, 5.41) is 7.51. The summed E-state index contributed by atoms with van der Waals surface area (Å²) in [5.74, 6) is -0.250. The highest BCUT2D eigenvalue weighted by atomic mass is 32.2. The predicted octanol–water partition coefficient (Wildman–Crippen LogP) is 4.81. The largest absolute Gasteiger partial charge is 0.350 e. The van der Waals surface area contributed by atoms with Crippen LogP contribution in [0.15, 0.2) is 56.8 Å². The van der Waals surface area contributed by atoms with Gasteiger partial charge in [0.1, 0.15) is 5.56 Å². The summed E-state index contributed by atoms with van der Waals surface area (Å²) in [5.41, 5.74) is 4.04. The fourth-order valence-corrected chi connectivity index (χ4v) is 7.23. The van der Waals surface area contributed by atoms with E-state index in [1.165, 1.54) is 5.56 Å². The van der Waals surface area contributed by atoms with Crippen LogP contribution in [0.1, 0.15) is 52.3 Å². The van der Waals surface area contributed by atoms with E-state index in [0.29, 0.717) is 24.6 Å². The van der Waals surface area contributed by atoms with Gasteiger partial charge in [-0.15, -0.1) is 11.8 Å². The van der Waals surface area contributed by atoms with E-state index in [-0.39, 0.29) is 16.6 Å². The second-order valence-electron chi connectivity index (χ2n) is 8.78. The Bertz CT molecular complexity index is 1220. The molecular formula is C26H29N3O2S2. The summed E-state index contributed by atoms with van der Waals surface area (Å²) in [7, 11) is 0. The van der Waals surface area contributed by atoms with Gasteiger partial charge in [-0.2, -0.15) is 11.3 Å². The van der Waals surface area contributed by atoms with Crippen LogP contribution >= 0.6 is 23.1 Å². The number of hydrogen-bond acceptors (Lipinski definition) is 5. The highest BCUT2D eigenvalue weighted by Crippen LogP contribution is 2.44. The van der Waals surface area contributed by atoms with Crippen LogP contribution < -0.4 is 10.7 Å². The van der Waals surface area contributed by atoms with Gasteiger partial charge in [0.05, 0.1) is 5.69 Å². The first kappa shape index (κ1) is 22.4. The Hall–Kier alpha value is -2.35. The molecule has 5 rings (SSSR count). The van der Waals surface area contributed by atoms with Crippen LogP contribution in [0.3, 0.4) is 0 Å². The van der Waals surface area contributed by atoms with Gasteiger partial charge < -0.3 is 9.88 Å². The number of nitrogens with one attached hydrogen (secondary N) is 1. The summed E-state index contributed by atoms with van der Waals surface area (Å²) in [6, 6.07) is 12.4. The number of pyridine rings is 1. The van der Waals surface area contributed by atoms with Crippen molar-refractivity contribution in [2.45, 2.75) is 49.3 Å². The average molecular weight is 480 g/mol. The summed E-state index contributed by atoms with van der Waals surface area (Å²) in [6.07, 6.45) is 2.87. The van der Waals surface area contributed by atoms with Gasteiger partial charge in [-0.1, -0.05) is 19.1 Å². The van der Waals surface area contributed by atoms with Gasteiger partial charge in [-0.25, -0.2) is 0 Å². The predicted molar refractivity (Wildman–Crippen MR) is 136 cm³/mol. The van der Waals surface area contributed by atoms with Gasteiger partial charge >= 0.3 is 0 Å². The van der Waals surface area contributed by atoms with Crippen LogP contribution in [-0.2, 0) is 6.42 Å². The first-order chi connectivity index (χ1) is 16.1. The third kappa shape index (κ3) is 4.29. The lowest BCUT2D eigenvalue weighted by Gasteiger charge is -2.24. The molecule has 2 aliphatic heterocycles. The van der Waals surface area contributed by atoms with Crippen molar-refractivity contribution in [3.8, 4) is 5.69 Å². The zero-order valence-corrected chi connectivity index (χ0v) is 20.7. The molecule has 0 aliphatic carbocycles. The second-order valence-corrected chi connectivity index (χ2v) is 10.8. The normalized spacial score (nSPS) is 20.2. The molecule has 0 saturated carbocycles. The fourth-order valence-electron chi connectivity index (χ4n) is 5.16. The number of nitrogens with zero attached hydrogens (tertiary/aromatic N) is 2. The number of carbonyl (C=O) groups excluding carboxylic acids is 1. The Balaban J connectivity index is 1.57. The van der Waals surface area contributed by atoms with E-state index >= 15 is 0 Å². The van der Waals surface area contributed by atoms with E-state index in [1.807, 2.05) is 30.8 Å². The van der Waals surface area contributed by atoms with E-state index in [4.69, 9.17) is 0 Å². The highest BCUT2D eigenvalue weighted by Gasteiger charge is 2.30. The smallest absolute Gasteiger partial charge is 0.257 e. The third-order valence-corrected chi connectivity index (χ3v) is 8.82. The number of aryl methyl sites for hydroxylation is 1. The number of benzene rings is 1. The minimum atomic E-state index is -0.250. The number of hydrogen-bond donors (Lipinski definition) is 1. The van der Waals surface area contributed by atoms with Crippen molar-refractivity contribution < 1.29 is 4.79 Å². The van der Waals surface area contributed by atoms with Crippen LogP contribution in [0, 0.1) is 6.92 Å². The van der Waals surface area contributed by atoms with Gasteiger partial charge in [-0.3, -0.25) is 14.5 Å². The van der Waals surface area contributed by atoms with Crippen molar-refractivity contribution in [2.24, 2.45) is 0 Å². The molecule has 1 aromatic carbocycles. The van der Waals surface area contributed by atoms with E-state index in [0.717, 1.165) is 47.9 Å². The third-order valence-electron chi connectivity index (χ3n) is 6.80. The van der Waals surface area contributed by atoms with Gasteiger partial charge in [0.25, 0.3) is 5.91 Å². The number of likely N-dealkylation sites (tertiary alicyclic amines) is 1. The van der Waals surface area contributed by atoms with Crippen molar-refractivity contribution in [3.05, 3.63) is 79.9 Å². The standard InChI is InChI=1S/C26H29N3O2S2/c1-3-28-11-6-7-19(28)15-27-26(31)25-21-14-24(18-10-12-32-16-18)33-23-9-5-4-8-20(23)29(21)17(2)13-22(25)30/h4-5,8-10,12-13,16,19,24H,3,6-7,11,14-15H2,1-2H3,(H,27,31)/t19-,24+/m1/s1. The number of thioether (sulfide) groups is 1. The van der Waals surface area contributed by atoms with Crippen molar-refractivity contribution in [1.29, 1.82) is 0 Å². The van der Waals surface area contributed by atoms with Crippen LogP contribution in [0.25, 0.3) is 5.69 Å². The van der Waals surface area contributed by atoms with E-state index in [9.17, 15) is 9.59 Å². The van der Waals surface area contributed by atoms with Gasteiger partial charge in [0.2, 0.25) is 0 Å². The first-order valence-corrected chi connectivity index (χ1v) is 13.4. The minimum Gasteiger partial charge on any atom is -0.350 e. The van der Waals surface area contributed by atoms with Gasteiger partial charge in [0, 0.05) is 46.6 Å². The molecule has 1 fully saturated rings. The van der Waals surface area contributed by atoms with E-state index in [1.54, 1.807) is 17.4 Å². The molecule has 4 heterocycles. The van der Waals surface area contributed by atoms with Gasteiger partial charge in [-0.05, 0) is 67.4 Å². The maximum absolute atomic E-state index is 13.5. The van der Waals surface area contributed by atoms with Crippen LogP contribution in [-0.4, -0.2) is 41.1 Å². The van der Waals surface area contributed by atoms with Crippen LogP contribution in [0.5, 0.6) is 0 Å². The lowest BCUT2D eigenvalue weighted by molar-refractivity contribution is 0.0938. The lowest BCUT2D eigenvalue weighted by Crippen LogP contribution is -2.41.